The van der Waals surface area contributed by atoms with Crippen molar-refractivity contribution >= 4 is 0 Å². The lowest BCUT2D eigenvalue weighted by atomic mass is 10.00. The molecule has 0 fully saturated rings. The Bertz CT molecular complexity index is 680. The Balaban J connectivity index is 1.75. The predicted molar refractivity (Wildman–Crippen MR) is 96.3 cm³/mol. The maximum atomic E-state index is 5.94. The monoisotopic (exact) mass is 328 g/mol. The van der Waals surface area contributed by atoms with Gasteiger partial charge in [0.05, 0.1) is 12.8 Å². The molecule has 0 bridgehead atoms. The van der Waals surface area contributed by atoms with Crippen LogP contribution < -0.4 is 10.1 Å². The molecule has 5 nitrogen and oxygen atoms in total. The standard InChI is InChI=1S/C19H28N4O/c1-14-7-8-16-17(6-5-9-24-19(16)10-14)20-12-18(22(2)3)15-11-21-23(4)13-15/h7-8,10-11,13,17-18,20H,5-6,9,12H2,1-4H3/t17-,18-/m1/s1. The van der Waals surface area contributed by atoms with Gasteiger partial charge in [-0.15, -0.1) is 0 Å². The van der Waals surface area contributed by atoms with Crippen LogP contribution in [0.3, 0.4) is 0 Å². The number of benzene rings is 1. The van der Waals surface area contributed by atoms with Crippen LogP contribution in [-0.2, 0) is 7.05 Å². The first-order valence-corrected chi connectivity index (χ1v) is 8.66. The molecule has 1 aromatic carbocycles. The van der Waals surface area contributed by atoms with Gasteiger partial charge in [0.25, 0.3) is 0 Å². The van der Waals surface area contributed by atoms with Crippen LogP contribution in [0.5, 0.6) is 5.75 Å². The molecule has 1 N–H and O–H groups in total. The average molecular weight is 328 g/mol. The van der Waals surface area contributed by atoms with Crippen molar-refractivity contribution in [1.82, 2.24) is 20.0 Å². The first-order chi connectivity index (χ1) is 11.5. The second kappa shape index (κ2) is 7.36. The molecule has 0 spiro atoms. The lowest BCUT2D eigenvalue weighted by Crippen LogP contribution is -2.33. The van der Waals surface area contributed by atoms with E-state index in [2.05, 4.69) is 60.7 Å². The van der Waals surface area contributed by atoms with E-state index in [-0.39, 0.29) is 0 Å². The minimum Gasteiger partial charge on any atom is -0.493 e. The van der Waals surface area contributed by atoms with Gasteiger partial charge in [-0.3, -0.25) is 4.68 Å². The summed E-state index contributed by atoms with van der Waals surface area (Å²) in [5.74, 6) is 1.03. The number of aromatic nitrogens is 2. The molecule has 3 rings (SSSR count). The number of ether oxygens (including phenoxy) is 1. The minimum absolute atomic E-state index is 0.303. The lowest BCUT2D eigenvalue weighted by molar-refractivity contribution is 0.276. The molecular formula is C19H28N4O. The highest BCUT2D eigenvalue weighted by Crippen LogP contribution is 2.32. The number of nitrogens with one attached hydrogen (secondary N) is 1. The number of fused-ring (bicyclic) bond motifs is 1. The Kier molecular flexibility index (Phi) is 5.21. The van der Waals surface area contributed by atoms with E-state index in [4.69, 9.17) is 4.74 Å². The van der Waals surface area contributed by atoms with Crippen molar-refractivity contribution in [3.63, 3.8) is 0 Å². The summed E-state index contributed by atoms with van der Waals surface area (Å²) in [6.07, 6.45) is 6.23. The highest BCUT2D eigenvalue weighted by molar-refractivity contribution is 5.40. The van der Waals surface area contributed by atoms with Gasteiger partial charge >= 0.3 is 0 Å². The average Bonchev–Trinajstić information content (AvgIpc) is 2.85. The van der Waals surface area contributed by atoms with E-state index < -0.39 is 0 Å². The Morgan fingerprint density at radius 2 is 2.25 bits per heavy atom. The Morgan fingerprint density at radius 3 is 2.96 bits per heavy atom. The van der Waals surface area contributed by atoms with Gasteiger partial charge in [-0.05, 0) is 45.5 Å². The third kappa shape index (κ3) is 3.79. The summed E-state index contributed by atoms with van der Waals surface area (Å²) in [6.45, 7) is 3.80. The van der Waals surface area contributed by atoms with Crippen LogP contribution in [0.1, 0.15) is 41.6 Å². The quantitative estimate of drug-likeness (QED) is 0.916. The maximum absolute atomic E-state index is 5.94. The van der Waals surface area contributed by atoms with Crippen molar-refractivity contribution in [3.05, 3.63) is 47.3 Å². The third-order valence-corrected chi connectivity index (χ3v) is 4.73. The highest BCUT2D eigenvalue weighted by atomic mass is 16.5. The summed E-state index contributed by atoms with van der Waals surface area (Å²) >= 11 is 0. The highest BCUT2D eigenvalue weighted by Gasteiger charge is 2.22. The Morgan fingerprint density at radius 1 is 1.42 bits per heavy atom. The van der Waals surface area contributed by atoms with E-state index in [9.17, 15) is 0 Å². The van der Waals surface area contributed by atoms with E-state index in [1.54, 1.807) is 0 Å². The van der Waals surface area contributed by atoms with Gasteiger partial charge in [-0.2, -0.15) is 5.10 Å². The molecular weight excluding hydrogens is 300 g/mol. The zero-order valence-corrected chi connectivity index (χ0v) is 15.1. The topological polar surface area (TPSA) is 42.3 Å². The fourth-order valence-electron chi connectivity index (χ4n) is 3.36. The van der Waals surface area contributed by atoms with Crippen molar-refractivity contribution in [1.29, 1.82) is 0 Å². The molecule has 1 aliphatic heterocycles. The van der Waals surface area contributed by atoms with Crippen molar-refractivity contribution in [3.8, 4) is 5.75 Å². The molecule has 2 aromatic rings. The zero-order chi connectivity index (χ0) is 17.1. The number of hydrogen-bond acceptors (Lipinski definition) is 4. The molecule has 0 radical (unpaired) electrons. The van der Waals surface area contributed by atoms with E-state index in [0.29, 0.717) is 12.1 Å². The van der Waals surface area contributed by atoms with Crippen LogP contribution in [0.15, 0.2) is 30.6 Å². The molecule has 2 heterocycles. The summed E-state index contributed by atoms with van der Waals surface area (Å²) in [4.78, 5) is 2.24. The van der Waals surface area contributed by atoms with Crippen LogP contribution in [0, 0.1) is 6.92 Å². The zero-order valence-electron chi connectivity index (χ0n) is 15.1. The fourth-order valence-corrected chi connectivity index (χ4v) is 3.36. The fraction of sp³-hybridized carbons (Fsp3) is 0.526. The van der Waals surface area contributed by atoms with Crippen molar-refractivity contribution in [2.45, 2.75) is 31.8 Å². The molecule has 0 saturated heterocycles. The second-order valence-corrected chi connectivity index (χ2v) is 6.92. The van der Waals surface area contributed by atoms with Crippen LogP contribution in [0.4, 0.5) is 0 Å². The summed E-state index contributed by atoms with van der Waals surface area (Å²) in [6, 6.07) is 7.17. The summed E-state index contributed by atoms with van der Waals surface area (Å²) in [7, 11) is 6.20. The van der Waals surface area contributed by atoms with Gasteiger partial charge in [0.15, 0.2) is 0 Å². The number of hydrogen-bond donors (Lipinski definition) is 1. The van der Waals surface area contributed by atoms with Crippen LogP contribution in [0.25, 0.3) is 0 Å². The smallest absolute Gasteiger partial charge is 0.124 e. The van der Waals surface area contributed by atoms with Crippen LogP contribution in [-0.4, -0.2) is 41.9 Å². The molecule has 1 aliphatic rings. The van der Waals surface area contributed by atoms with Gasteiger partial charge in [-0.25, -0.2) is 0 Å². The molecule has 5 heteroatoms. The summed E-state index contributed by atoms with van der Waals surface area (Å²) in [5.41, 5.74) is 3.77. The molecule has 0 aliphatic carbocycles. The van der Waals surface area contributed by atoms with Crippen molar-refractivity contribution < 1.29 is 4.74 Å². The molecule has 2 atom stereocenters. The summed E-state index contributed by atoms with van der Waals surface area (Å²) < 4.78 is 7.80. The van der Waals surface area contributed by atoms with Crippen molar-refractivity contribution in [2.75, 3.05) is 27.2 Å². The second-order valence-electron chi connectivity index (χ2n) is 6.92. The first-order valence-electron chi connectivity index (χ1n) is 8.66. The van der Waals surface area contributed by atoms with Crippen LogP contribution >= 0.6 is 0 Å². The van der Waals surface area contributed by atoms with Gasteiger partial charge in [0.1, 0.15) is 5.75 Å². The number of aryl methyl sites for hydroxylation is 2. The van der Waals surface area contributed by atoms with Crippen LogP contribution in [0.2, 0.25) is 0 Å². The SMILES string of the molecule is Cc1ccc2c(c1)OCCC[C@H]2NC[C@H](c1cnn(C)c1)N(C)C. The van der Waals surface area contributed by atoms with Gasteiger partial charge in [-0.1, -0.05) is 12.1 Å². The normalized spacial score (nSPS) is 18.8. The lowest BCUT2D eigenvalue weighted by Gasteiger charge is -2.27. The van der Waals surface area contributed by atoms with E-state index in [0.717, 1.165) is 31.7 Å². The Hall–Kier alpha value is -1.85. The predicted octanol–water partition coefficient (Wildman–Crippen LogP) is 2.83. The van der Waals surface area contributed by atoms with E-state index >= 15 is 0 Å². The Labute approximate surface area is 144 Å². The first kappa shape index (κ1) is 17.0. The molecule has 24 heavy (non-hydrogen) atoms. The van der Waals surface area contributed by atoms with Gasteiger partial charge in [0.2, 0.25) is 0 Å². The van der Waals surface area contributed by atoms with Gasteiger partial charge in [0, 0.05) is 43.0 Å². The minimum atomic E-state index is 0.303. The largest absolute Gasteiger partial charge is 0.493 e. The molecule has 130 valence electrons. The van der Waals surface area contributed by atoms with E-state index in [1.807, 2.05) is 17.9 Å². The third-order valence-electron chi connectivity index (χ3n) is 4.73. The van der Waals surface area contributed by atoms with Gasteiger partial charge < -0.3 is 15.0 Å². The molecule has 1 aromatic heterocycles. The van der Waals surface area contributed by atoms with E-state index in [1.165, 1.54) is 16.7 Å². The number of nitrogens with zero attached hydrogens (tertiary/aromatic N) is 3. The maximum Gasteiger partial charge on any atom is 0.124 e. The number of rotatable bonds is 5. The number of likely N-dealkylation sites (N-methyl/N-ethyl adjacent to an activating group) is 1. The van der Waals surface area contributed by atoms with Crippen molar-refractivity contribution in [2.24, 2.45) is 7.05 Å². The molecule has 0 saturated carbocycles. The molecule has 0 unspecified atom stereocenters. The molecule has 0 amide bonds. The summed E-state index contributed by atoms with van der Waals surface area (Å²) in [5, 5.41) is 8.09.